The number of benzene rings is 1. The molecule has 2 saturated carbocycles. The lowest BCUT2D eigenvalue weighted by molar-refractivity contribution is -0.123. The zero-order valence-corrected chi connectivity index (χ0v) is 16.4. The first kappa shape index (κ1) is 19.1. The van der Waals surface area contributed by atoms with Gasteiger partial charge in [-0.3, -0.25) is 9.59 Å². The first-order valence-electron chi connectivity index (χ1n) is 10.6. The van der Waals surface area contributed by atoms with Gasteiger partial charge in [-0.2, -0.15) is 0 Å². The highest BCUT2D eigenvalue weighted by molar-refractivity contribution is 5.81. The fourth-order valence-corrected chi connectivity index (χ4v) is 4.33. The molecule has 1 heterocycles. The Labute approximate surface area is 166 Å². The number of rotatable bonds is 8. The summed E-state index contributed by atoms with van der Waals surface area (Å²) in [5.74, 6) is 2.03. The molecule has 6 nitrogen and oxygen atoms in total. The summed E-state index contributed by atoms with van der Waals surface area (Å²) in [4.78, 5) is 24.0. The molecule has 2 N–H and O–H groups in total. The van der Waals surface area contributed by atoms with E-state index >= 15 is 0 Å². The van der Waals surface area contributed by atoms with Crippen LogP contribution < -0.4 is 20.1 Å². The molecular weight excluding hydrogens is 356 g/mol. The number of ether oxygens (including phenoxy) is 2. The average Bonchev–Trinajstić information content (AvgIpc) is 3.47. The van der Waals surface area contributed by atoms with Gasteiger partial charge in [0.1, 0.15) is 0 Å². The van der Waals surface area contributed by atoms with Crippen molar-refractivity contribution < 1.29 is 19.1 Å². The standard InChI is InChI=1S/C22H30N2O4/c25-20(5-4-12-23-21(26)16-6-7-16)24-14-22(10-2-1-3-11-22)17-8-9-18-19(13-17)28-15-27-18/h8-9,13,16H,1-7,10-12,14-15H2,(H,23,26)(H,24,25). The zero-order chi connectivity index (χ0) is 19.4. The van der Waals surface area contributed by atoms with Crippen molar-refractivity contribution in [1.29, 1.82) is 0 Å². The summed E-state index contributed by atoms with van der Waals surface area (Å²) in [7, 11) is 0. The number of fused-ring (bicyclic) bond motifs is 1. The van der Waals surface area contributed by atoms with Crippen LogP contribution in [0.15, 0.2) is 18.2 Å². The number of amides is 2. The third-order valence-corrected chi connectivity index (χ3v) is 6.25. The molecule has 1 aliphatic heterocycles. The van der Waals surface area contributed by atoms with E-state index in [9.17, 15) is 9.59 Å². The van der Waals surface area contributed by atoms with E-state index in [4.69, 9.17) is 9.47 Å². The highest BCUT2D eigenvalue weighted by Crippen LogP contribution is 2.43. The van der Waals surface area contributed by atoms with Gasteiger partial charge in [-0.15, -0.1) is 0 Å². The SMILES string of the molecule is O=C(CCCNC(=O)C1CC1)NCC1(c2ccc3c(c2)OCO3)CCCCC1. The average molecular weight is 386 g/mol. The van der Waals surface area contributed by atoms with Crippen molar-refractivity contribution in [3.63, 3.8) is 0 Å². The third-order valence-electron chi connectivity index (χ3n) is 6.25. The van der Waals surface area contributed by atoms with Crippen molar-refractivity contribution in [3.05, 3.63) is 23.8 Å². The molecule has 4 rings (SSSR count). The summed E-state index contributed by atoms with van der Waals surface area (Å²) in [6.45, 7) is 1.51. The number of hydrogen-bond acceptors (Lipinski definition) is 4. The maximum Gasteiger partial charge on any atom is 0.231 e. The molecule has 1 aromatic carbocycles. The minimum Gasteiger partial charge on any atom is -0.454 e. The Morgan fingerprint density at radius 2 is 1.82 bits per heavy atom. The van der Waals surface area contributed by atoms with E-state index in [0.717, 1.165) is 37.2 Å². The van der Waals surface area contributed by atoms with Crippen molar-refractivity contribution >= 4 is 11.8 Å². The number of nitrogens with one attached hydrogen (secondary N) is 2. The molecule has 0 bridgehead atoms. The summed E-state index contributed by atoms with van der Waals surface area (Å²) in [6, 6.07) is 6.20. The van der Waals surface area contributed by atoms with E-state index in [0.29, 0.717) is 25.9 Å². The minimum absolute atomic E-state index is 0.0327. The second-order valence-electron chi connectivity index (χ2n) is 8.35. The molecule has 2 fully saturated rings. The molecule has 0 atom stereocenters. The highest BCUT2D eigenvalue weighted by Gasteiger charge is 2.35. The Morgan fingerprint density at radius 1 is 1.04 bits per heavy atom. The zero-order valence-electron chi connectivity index (χ0n) is 16.4. The van der Waals surface area contributed by atoms with Crippen LogP contribution in [0.25, 0.3) is 0 Å². The molecule has 0 aromatic heterocycles. The molecule has 0 saturated heterocycles. The van der Waals surface area contributed by atoms with Gasteiger partial charge in [0.2, 0.25) is 18.6 Å². The van der Waals surface area contributed by atoms with Crippen molar-refractivity contribution in [1.82, 2.24) is 10.6 Å². The van der Waals surface area contributed by atoms with E-state index in [-0.39, 0.29) is 29.9 Å². The van der Waals surface area contributed by atoms with Crippen LogP contribution in [0, 0.1) is 5.92 Å². The molecule has 0 spiro atoms. The fraction of sp³-hybridized carbons (Fsp3) is 0.636. The van der Waals surface area contributed by atoms with Gasteiger partial charge in [0.05, 0.1) is 0 Å². The van der Waals surface area contributed by atoms with Gasteiger partial charge >= 0.3 is 0 Å². The van der Waals surface area contributed by atoms with Gasteiger partial charge in [-0.05, 0) is 49.8 Å². The third kappa shape index (κ3) is 4.42. The van der Waals surface area contributed by atoms with Crippen LogP contribution in [-0.2, 0) is 15.0 Å². The maximum absolute atomic E-state index is 12.4. The summed E-state index contributed by atoms with van der Waals surface area (Å²) in [5, 5.41) is 6.08. The molecule has 0 radical (unpaired) electrons. The largest absolute Gasteiger partial charge is 0.454 e. The van der Waals surface area contributed by atoms with Crippen LogP contribution in [-0.4, -0.2) is 31.7 Å². The van der Waals surface area contributed by atoms with Crippen LogP contribution in [0.5, 0.6) is 11.5 Å². The highest BCUT2D eigenvalue weighted by atomic mass is 16.7. The van der Waals surface area contributed by atoms with Gasteiger partial charge < -0.3 is 20.1 Å². The van der Waals surface area contributed by atoms with Crippen LogP contribution in [0.3, 0.4) is 0 Å². The molecule has 1 aromatic rings. The topological polar surface area (TPSA) is 76.7 Å². The summed E-state index contributed by atoms with van der Waals surface area (Å²) in [6.07, 6.45) is 8.90. The maximum atomic E-state index is 12.4. The quantitative estimate of drug-likeness (QED) is 0.674. The molecule has 2 aliphatic carbocycles. The molecule has 152 valence electrons. The van der Waals surface area contributed by atoms with Crippen molar-refractivity contribution in [3.8, 4) is 11.5 Å². The Balaban J connectivity index is 1.30. The Hall–Kier alpha value is -2.24. The van der Waals surface area contributed by atoms with E-state index in [1.807, 2.05) is 6.07 Å². The van der Waals surface area contributed by atoms with Crippen LogP contribution in [0.1, 0.15) is 63.4 Å². The Bertz CT molecular complexity index is 723. The normalized spacial score (nSPS) is 19.9. The van der Waals surface area contributed by atoms with Gasteiger partial charge in [-0.1, -0.05) is 25.3 Å². The second-order valence-corrected chi connectivity index (χ2v) is 8.35. The van der Waals surface area contributed by atoms with Gasteiger partial charge in [0, 0.05) is 30.8 Å². The van der Waals surface area contributed by atoms with E-state index in [1.165, 1.54) is 24.8 Å². The minimum atomic E-state index is -0.0327. The number of carbonyl (C=O) groups excluding carboxylic acids is 2. The smallest absolute Gasteiger partial charge is 0.231 e. The van der Waals surface area contributed by atoms with Crippen molar-refractivity contribution in [2.24, 2.45) is 5.92 Å². The predicted molar refractivity (Wildman–Crippen MR) is 105 cm³/mol. The fourth-order valence-electron chi connectivity index (χ4n) is 4.33. The molecule has 28 heavy (non-hydrogen) atoms. The Kier molecular flexibility index (Phi) is 5.74. The van der Waals surface area contributed by atoms with E-state index < -0.39 is 0 Å². The monoisotopic (exact) mass is 386 g/mol. The lowest BCUT2D eigenvalue weighted by Crippen LogP contribution is -2.42. The first-order valence-corrected chi connectivity index (χ1v) is 10.6. The summed E-state index contributed by atoms with van der Waals surface area (Å²) >= 11 is 0. The lowest BCUT2D eigenvalue weighted by Gasteiger charge is -2.38. The van der Waals surface area contributed by atoms with Crippen LogP contribution in [0.4, 0.5) is 0 Å². The van der Waals surface area contributed by atoms with Gasteiger partial charge in [0.15, 0.2) is 11.5 Å². The predicted octanol–water partition coefficient (Wildman–Crippen LogP) is 3.04. The van der Waals surface area contributed by atoms with Crippen LogP contribution >= 0.6 is 0 Å². The van der Waals surface area contributed by atoms with E-state index in [1.54, 1.807) is 0 Å². The van der Waals surface area contributed by atoms with Crippen molar-refractivity contribution in [2.75, 3.05) is 19.9 Å². The van der Waals surface area contributed by atoms with Crippen LogP contribution in [0.2, 0.25) is 0 Å². The van der Waals surface area contributed by atoms with E-state index in [2.05, 4.69) is 22.8 Å². The summed E-state index contributed by atoms with van der Waals surface area (Å²) < 4.78 is 11.0. The molecular formula is C22H30N2O4. The van der Waals surface area contributed by atoms with Gasteiger partial charge in [0.25, 0.3) is 0 Å². The summed E-state index contributed by atoms with van der Waals surface area (Å²) in [5.41, 5.74) is 1.20. The number of hydrogen-bond donors (Lipinski definition) is 2. The lowest BCUT2D eigenvalue weighted by atomic mass is 9.69. The molecule has 6 heteroatoms. The van der Waals surface area contributed by atoms with Gasteiger partial charge in [-0.25, -0.2) is 0 Å². The molecule has 2 amide bonds. The first-order chi connectivity index (χ1) is 13.7. The van der Waals surface area contributed by atoms with Crippen molar-refractivity contribution in [2.45, 2.75) is 63.2 Å². The molecule has 3 aliphatic rings. The molecule has 0 unspecified atom stereocenters. The number of carbonyl (C=O) groups is 2. The second kappa shape index (κ2) is 8.41. The Morgan fingerprint density at radius 3 is 2.61 bits per heavy atom.